The van der Waals surface area contributed by atoms with Gasteiger partial charge in [-0.05, 0) is 44.8 Å². The Morgan fingerprint density at radius 3 is 2.59 bits per heavy atom. The van der Waals surface area contributed by atoms with E-state index in [9.17, 15) is 0 Å². The molecule has 1 fully saturated rings. The zero-order valence-electron chi connectivity index (χ0n) is 12.6. The van der Waals surface area contributed by atoms with Gasteiger partial charge in [-0.3, -0.25) is 0 Å². The molecule has 1 aliphatic carbocycles. The summed E-state index contributed by atoms with van der Waals surface area (Å²) in [6.45, 7) is 11.7. The number of rotatable bonds is 6. The third kappa shape index (κ3) is 3.96. The normalized spacial score (nSPS) is 28.6. The van der Waals surface area contributed by atoms with Gasteiger partial charge < -0.3 is 10.2 Å². The minimum atomic E-state index is 0.444. The molecule has 0 aromatic carbocycles. The van der Waals surface area contributed by atoms with Crippen LogP contribution in [0.1, 0.15) is 59.8 Å². The smallest absolute Gasteiger partial charge is 0.0274 e. The number of hydrogen-bond acceptors (Lipinski definition) is 2. The summed E-state index contributed by atoms with van der Waals surface area (Å²) in [6.07, 6.45) is 6.73. The van der Waals surface area contributed by atoms with Crippen LogP contribution in [0, 0.1) is 5.41 Å². The third-order valence-corrected chi connectivity index (χ3v) is 4.40. The van der Waals surface area contributed by atoms with Crippen LogP contribution in [-0.2, 0) is 0 Å². The Balaban J connectivity index is 2.66. The monoisotopic (exact) mass is 240 g/mol. The molecule has 2 heteroatoms. The van der Waals surface area contributed by atoms with Gasteiger partial charge in [0.25, 0.3) is 0 Å². The second-order valence-electron chi connectivity index (χ2n) is 6.32. The lowest BCUT2D eigenvalue weighted by molar-refractivity contribution is 0.0630. The van der Waals surface area contributed by atoms with Crippen LogP contribution in [0.5, 0.6) is 0 Å². The lowest BCUT2D eigenvalue weighted by Crippen LogP contribution is -2.58. The fourth-order valence-electron chi connectivity index (χ4n) is 3.29. The summed E-state index contributed by atoms with van der Waals surface area (Å²) in [7, 11) is 2.31. The molecule has 1 aliphatic rings. The lowest BCUT2D eigenvalue weighted by atomic mass is 9.70. The van der Waals surface area contributed by atoms with Crippen molar-refractivity contribution < 1.29 is 0 Å². The molecule has 0 radical (unpaired) electrons. The first-order valence-electron chi connectivity index (χ1n) is 7.46. The predicted octanol–water partition coefficient (Wildman–Crippen LogP) is 3.28. The Hall–Kier alpha value is -0.0800. The van der Waals surface area contributed by atoms with Crippen LogP contribution >= 0.6 is 0 Å². The molecule has 1 saturated carbocycles. The van der Waals surface area contributed by atoms with Crippen molar-refractivity contribution >= 4 is 0 Å². The summed E-state index contributed by atoms with van der Waals surface area (Å²) in [5, 5.41) is 3.74. The van der Waals surface area contributed by atoms with E-state index in [0.29, 0.717) is 11.5 Å². The third-order valence-electron chi connectivity index (χ3n) is 4.40. The summed E-state index contributed by atoms with van der Waals surface area (Å²) in [5.41, 5.74) is 0.444. The van der Waals surface area contributed by atoms with Gasteiger partial charge in [-0.15, -0.1) is 0 Å². The molecule has 0 bridgehead atoms. The Morgan fingerprint density at radius 2 is 2.00 bits per heavy atom. The molecule has 0 aromatic rings. The van der Waals surface area contributed by atoms with Gasteiger partial charge in [0.2, 0.25) is 0 Å². The minimum Gasteiger partial charge on any atom is -0.312 e. The summed E-state index contributed by atoms with van der Waals surface area (Å²) in [4.78, 5) is 2.59. The van der Waals surface area contributed by atoms with E-state index in [1.165, 1.54) is 38.6 Å². The maximum Gasteiger partial charge on any atom is 0.0274 e. The van der Waals surface area contributed by atoms with E-state index in [4.69, 9.17) is 0 Å². The molecule has 17 heavy (non-hydrogen) atoms. The summed E-state index contributed by atoms with van der Waals surface area (Å²) < 4.78 is 0. The van der Waals surface area contributed by atoms with Crippen molar-refractivity contribution in [2.45, 2.75) is 71.9 Å². The Morgan fingerprint density at radius 1 is 1.29 bits per heavy atom. The highest BCUT2D eigenvalue weighted by molar-refractivity contribution is 4.97. The van der Waals surface area contributed by atoms with Crippen molar-refractivity contribution in [3.05, 3.63) is 0 Å². The van der Waals surface area contributed by atoms with Crippen LogP contribution in [0.25, 0.3) is 0 Å². The molecule has 1 rings (SSSR count). The average Bonchev–Trinajstić information content (AvgIpc) is 2.28. The molecule has 0 spiro atoms. The van der Waals surface area contributed by atoms with Gasteiger partial charge in [0.1, 0.15) is 0 Å². The Bertz CT molecular complexity index is 213. The molecule has 0 aliphatic heterocycles. The molecule has 2 nitrogen and oxygen atoms in total. The van der Waals surface area contributed by atoms with Gasteiger partial charge in [0.05, 0.1) is 0 Å². The standard InChI is InChI=1S/C15H32N2/c1-6-8-12-17(5)13-10-9-11-15(3,4)14(13)16-7-2/h13-14,16H,6-12H2,1-5H3. The zero-order chi connectivity index (χ0) is 12.9. The lowest BCUT2D eigenvalue weighted by Gasteiger charge is -2.48. The van der Waals surface area contributed by atoms with E-state index in [1.807, 2.05) is 0 Å². The molecular weight excluding hydrogens is 208 g/mol. The molecule has 0 saturated heterocycles. The topological polar surface area (TPSA) is 15.3 Å². The second-order valence-corrected chi connectivity index (χ2v) is 6.32. The highest BCUT2D eigenvalue weighted by atomic mass is 15.2. The van der Waals surface area contributed by atoms with Crippen molar-refractivity contribution in [2.24, 2.45) is 5.41 Å². The first-order chi connectivity index (χ1) is 8.03. The number of nitrogens with zero attached hydrogens (tertiary/aromatic N) is 1. The van der Waals surface area contributed by atoms with Gasteiger partial charge in [-0.25, -0.2) is 0 Å². The van der Waals surface area contributed by atoms with Crippen LogP contribution in [0.2, 0.25) is 0 Å². The van der Waals surface area contributed by atoms with E-state index >= 15 is 0 Å². The molecule has 0 amide bonds. The predicted molar refractivity (Wildman–Crippen MR) is 76.4 cm³/mol. The Labute approximate surface area is 108 Å². The van der Waals surface area contributed by atoms with Gasteiger partial charge in [-0.1, -0.05) is 40.5 Å². The zero-order valence-corrected chi connectivity index (χ0v) is 12.6. The summed E-state index contributed by atoms with van der Waals surface area (Å²) in [5.74, 6) is 0. The van der Waals surface area contributed by atoms with Crippen molar-refractivity contribution in [1.82, 2.24) is 10.2 Å². The first-order valence-corrected chi connectivity index (χ1v) is 7.46. The fraction of sp³-hybridized carbons (Fsp3) is 1.00. The van der Waals surface area contributed by atoms with Crippen molar-refractivity contribution in [1.29, 1.82) is 0 Å². The van der Waals surface area contributed by atoms with Gasteiger partial charge in [-0.2, -0.15) is 0 Å². The van der Waals surface area contributed by atoms with Crippen LogP contribution in [0.4, 0.5) is 0 Å². The quantitative estimate of drug-likeness (QED) is 0.766. The van der Waals surface area contributed by atoms with Crippen LogP contribution in [0.15, 0.2) is 0 Å². The number of nitrogens with one attached hydrogen (secondary N) is 1. The van der Waals surface area contributed by atoms with E-state index in [2.05, 4.69) is 45.0 Å². The minimum absolute atomic E-state index is 0.444. The average molecular weight is 240 g/mol. The first kappa shape index (κ1) is 15.0. The van der Waals surface area contributed by atoms with E-state index in [0.717, 1.165) is 12.6 Å². The number of likely N-dealkylation sites (N-methyl/N-ethyl adjacent to an activating group) is 2. The van der Waals surface area contributed by atoms with E-state index in [1.54, 1.807) is 0 Å². The van der Waals surface area contributed by atoms with Crippen molar-refractivity contribution in [3.8, 4) is 0 Å². The molecule has 102 valence electrons. The van der Waals surface area contributed by atoms with Gasteiger partial charge in [0.15, 0.2) is 0 Å². The fourth-order valence-corrected chi connectivity index (χ4v) is 3.29. The number of hydrogen-bond donors (Lipinski definition) is 1. The van der Waals surface area contributed by atoms with E-state index < -0.39 is 0 Å². The molecule has 2 atom stereocenters. The Kier molecular flexibility index (Phi) is 5.94. The molecule has 0 aromatic heterocycles. The highest BCUT2D eigenvalue weighted by Crippen LogP contribution is 2.37. The van der Waals surface area contributed by atoms with Gasteiger partial charge >= 0.3 is 0 Å². The van der Waals surface area contributed by atoms with Gasteiger partial charge in [0, 0.05) is 12.1 Å². The largest absolute Gasteiger partial charge is 0.312 e. The van der Waals surface area contributed by atoms with Crippen LogP contribution in [-0.4, -0.2) is 37.1 Å². The molecule has 0 heterocycles. The molecule has 1 N–H and O–H groups in total. The van der Waals surface area contributed by atoms with Crippen LogP contribution in [0.3, 0.4) is 0 Å². The SMILES string of the molecule is CCCCN(C)C1CCCC(C)(C)C1NCC. The van der Waals surface area contributed by atoms with E-state index in [-0.39, 0.29) is 0 Å². The van der Waals surface area contributed by atoms with Crippen molar-refractivity contribution in [2.75, 3.05) is 20.1 Å². The maximum absolute atomic E-state index is 3.74. The van der Waals surface area contributed by atoms with Crippen LogP contribution < -0.4 is 5.32 Å². The summed E-state index contributed by atoms with van der Waals surface area (Å²) in [6, 6.07) is 1.38. The highest BCUT2D eigenvalue weighted by Gasteiger charge is 2.39. The molecular formula is C15H32N2. The maximum atomic E-state index is 3.74. The molecule has 2 unspecified atom stereocenters. The second kappa shape index (κ2) is 6.75. The summed E-state index contributed by atoms with van der Waals surface area (Å²) >= 11 is 0. The number of unbranched alkanes of at least 4 members (excludes halogenated alkanes) is 1. The van der Waals surface area contributed by atoms with Crippen molar-refractivity contribution in [3.63, 3.8) is 0 Å².